The van der Waals surface area contributed by atoms with Gasteiger partial charge in [0.1, 0.15) is 6.07 Å². The predicted octanol–water partition coefficient (Wildman–Crippen LogP) is 5.70. The van der Waals surface area contributed by atoms with Gasteiger partial charge in [0.25, 0.3) is 0 Å². The van der Waals surface area contributed by atoms with E-state index in [2.05, 4.69) is 78.7 Å². The van der Waals surface area contributed by atoms with Crippen molar-refractivity contribution in [2.45, 2.75) is 52.2 Å². The number of hydrazine groups is 2. The fourth-order valence-corrected chi connectivity index (χ4v) is 4.12. The van der Waals surface area contributed by atoms with Crippen LogP contribution in [0.5, 0.6) is 0 Å². The topological polar surface area (TPSA) is 88.0 Å². The second-order valence-corrected chi connectivity index (χ2v) is 9.18. The first-order valence-corrected chi connectivity index (χ1v) is 11.9. The SMILES string of the molecule is CC[C@H](C)Nc1c(C#N)cnc2c(Cl)cc(N[C@H](C3=CN(C(C)C)NN3)c3ccccc3)cc12. The monoisotopic (exact) mass is 475 g/mol. The first-order valence-electron chi connectivity index (χ1n) is 11.5. The molecule has 0 unspecified atom stereocenters. The third-order valence-electron chi connectivity index (χ3n) is 5.97. The van der Waals surface area contributed by atoms with Crippen LogP contribution in [0.1, 0.15) is 51.3 Å². The standard InChI is InChI=1S/C26H30ClN7/c1-5-17(4)30-24-19(13-28)14-29-26-21(24)11-20(12-22(26)27)31-25(18-9-7-6-8-10-18)23-15-34(16(2)3)33-32-23/h6-12,14-17,25,31-33H,5H2,1-4H3,(H,29,30)/t17-,25-/m0/s1. The van der Waals surface area contributed by atoms with Crippen LogP contribution in [0, 0.1) is 11.3 Å². The minimum Gasteiger partial charge on any atom is -0.381 e. The maximum Gasteiger partial charge on any atom is 0.103 e. The van der Waals surface area contributed by atoms with Crippen molar-refractivity contribution in [3.63, 3.8) is 0 Å². The molecule has 1 aliphatic heterocycles. The summed E-state index contributed by atoms with van der Waals surface area (Å²) in [7, 11) is 0. The highest BCUT2D eigenvalue weighted by molar-refractivity contribution is 6.35. The molecule has 0 saturated heterocycles. The summed E-state index contributed by atoms with van der Waals surface area (Å²) in [6.45, 7) is 8.43. The second-order valence-electron chi connectivity index (χ2n) is 8.78. The molecule has 7 nitrogen and oxygen atoms in total. The highest BCUT2D eigenvalue weighted by Gasteiger charge is 2.24. The molecule has 176 valence electrons. The Bertz CT molecular complexity index is 1230. The molecule has 2 heterocycles. The summed E-state index contributed by atoms with van der Waals surface area (Å²) >= 11 is 6.69. The smallest absolute Gasteiger partial charge is 0.103 e. The summed E-state index contributed by atoms with van der Waals surface area (Å²) in [6.07, 6.45) is 4.58. The van der Waals surface area contributed by atoms with Gasteiger partial charge < -0.3 is 16.1 Å². The molecule has 0 spiro atoms. The molecule has 34 heavy (non-hydrogen) atoms. The summed E-state index contributed by atoms with van der Waals surface area (Å²) in [5.74, 6) is 0. The molecule has 2 atom stereocenters. The number of aromatic nitrogens is 1. The first kappa shape index (κ1) is 23.7. The number of hydrogen-bond donors (Lipinski definition) is 4. The van der Waals surface area contributed by atoms with Crippen molar-refractivity contribution in [3.8, 4) is 6.07 Å². The number of nitrogens with one attached hydrogen (secondary N) is 4. The van der Waals surface area contributed by atoms with E-state index in [1.54, 1.807) is 6.20 Å². The van der Waals surface area contributed by atoms with Crippen molar-refractivity contribution in [1.29, 1.82) is 5.26 Å². The number of pyridine rings is 1. The van der Waals surface area contributed by atoms with Gasteiger partial charge in [-0.25, -0.2) is 0 Å². The summed E-state index contributed by atoms with van der Waals surface area (Å²) in [6, 6.07) is 16.7. The van der Waals surface area contributed by atoms with E-state index in [4.69, 9.17) is 11.6 Å². The lowest BCUT2D eigenvalue weighted by Gasteiger charge is -2.23. The van der Waals surface area contributed by atoms with E-state index >= 15 is 0 Å². The van der Waals surface area contributed by atoms with Crippen LogP contribution < -0.4 is 21.6 Å². The van der Waals surface area contributed by atoms with Crippen LogP contribution in [0.4, 0.5) is 11.4 Å². The number of halogens is 1. The zero-order valence-electron chi connectivity index (χ0n) is 19.9. The number of nitriles is 1. The second kappa shape index (κ2) is 10.2. The highest BCUT2D eigenvalue weighted by atomic mass is 35.5. The van der Waals surface area contributed by atoms with Crippen LogP contribution in [0.3, 0.4) is 0 Å². The van der Waals surface area contributed by atoms with Crippen molar-refractivity contribution in [3.05, 3.63) is 76.7 Å². The Balaban J connectivity index is 1.79. The average Bonchev–Trinajstić information content (AvgIpc) is 3.34. The molecule has 0 amide bonds. The summed E-state index contributed by atoms with van der Waals surface area (Å²) in [5, 5.41) is 20.2. The van der Waals surface area contributed by atoms with Crippen LogP contribution >= 0.6 is 11.6 Å². The van der Waals surface area contributed by atoms with E-state index in [9.17, 15) is 5.26 Å². The molecule has 0 fully saturated rings. The van der Waals surface area contributed by atoms with Crippen molar-refractivity contribution >= 4 is 33.9 Å². The van der Waals surface area contributed by atoms with Gasteiger partial charge in [0, 0.05) is 35.6 Å². The number of fused-ring (bicyclic) bond motifs is 1. The van der Waals surface area contributed by atoms with Crippen molar-refractivity contribution in [2.24, 2.45) is 0 Å². The molecule has 0 radical (unpaired) electrons. The molecule has 0 saturated carbocycles. The zero-order chi connectivity index (χ0) is 24.2. The van der Waals surface area contributed by atoms with E-state index in [0.29, 0.717) is 22.1 Å². The minimum atomic E-state index is -0.149. The van der Waals surface area contributed by atoms with Crippen LogP contribution in [0.25, 0.3) is 10.9 Å². The number of benzene rings is 2. The third kappa shape index (κ3) is 4.89. The lowest BCUT2D eigenvalue weighted by molar-refractivity contribution is 0.221. The quantitative estimate of drug-likeness (QED) is 0.332. The molecule has 0 aliphatic carbocycles. The first-order chi connectivity index (χ1) is 16.4. The summed E-state index contributed by atoms with van der Waals surface area (Å²) < 4.78 is 0. The zero-order valence-corrected chi connectivity index (χ0v) is 20.6. The molecule has 2 aromatic carbocycles. The van der Waals surface area contributed by atoms with Crippen LogP contribution in [-0.2, 0) is 0 Å². The normalized spacial score (nSPS) is 15.0. The van der Waals surface area contributed by atoms with Crippen molar-refractivity contribution < 1.29 is 0 Å². The lowest BCUT2D eigenvalue weighted by atomic mass is 10.0. The molecule has 1 aromatic heterocycles. The average molecular weight is 476 g/mol. The Morgan fingerprint density at radius 2 is 1.91 bits per heavy atom. The molecule has 1 aliphatic rings. The summed E-state index contributed by atoms with van der Waals surface area (Å²) in [5.41, 5.74) is 11.3. The molecule has 0 bridgehead atoms. The summed E-state index contributed by atoms with van der Waals surface area (Å²) in [4.78, 5) is 4.47. The van der Waals surface area contributed by atoms with Gasteiger partial charge in [-0.3, -0.25) is 9.99 Å². The van der Waals surface area contributed by atoms with Gasteiger partial charge in [0.2, 0.25) is 0 Å². The lowest BCUT2D eigenvalue weighted by Crippen LogP contribution is -2.41. The van der Waals surface area contributed by atoms with E-state index < -0.39 is 0 Å². The largest absolute Gasteiger partial charge is 0.381 e. The van der Waals surface area contributed by atoms with E-state index in [1.807, 2.05) is 35.3 Å². The number of hydrogen-bond acceptors (Lipinski definition) is 7. The maximum atomic E-state index is 9.70. The molecular formula is C26H30ClN7. The van der Waals surface area contributed by atoms with Gasteiger partial charge >= 0.3 is 0 Å². The molecule has 3 aromatic rings. The molecule has 4 rings (SSSR count). The Morgan fingerprint density at radius 3 is 2.56 bits per heavy atom. The van der Waals surface area contributed by atoms with Gasteiger partial charge in [-0.15, -0.1) is 5.53 Å². The number of anilines is 2. The van der Waals surface area contributed by atoms with Gasteiger partial charge in [0.15, 0.2) is 0 Å². The highest BCUT2D eigenvalue weighted by Crippen LogP contribution is 2.36. The molecule has 4 N–H and O–H groups in total. The Morgan fingerprint density at radius 1 is 1.15 bits per heavy atom. The minimum absolute atomic E-state index is 0.149. The number of nitrogens with zero attached hydrogens (tertiary/aromatic N) is 3. The fourth-order valence-electron chi connectivity index (χ4n) is 3.85. The van der Waals surface area contributed by atoms with Crippen LogP contribution in [0.15, 0.2) is 60.6 Å². The van der Waals surface area contributed by atoms with Crippen LogP contribution in [0.2, 0.25) is 5.02 Å². The van der Waals surface area contributed by atoms with Gasteiger partial charge in [-0.2, -0.15) is 5.26 Å². The third-order valence-corrected chi connectivity index (χ3v) is 6.26. The molecule has 8 heteroatoms. The number of rotatable bonds is 8. The van der Waals surface area contributed by atoms with Gasteiger partial charge in [-0.05, 0) is 44.9 Å². The van der Waals surface area contributed by atoms with Crippen LogP contribution in [-0.4, -0.2) is 22.1 Å². The van der Waals surface area contributed by atoms with Gasteiger partial charge in [-0.1, -0.05) is 48.9 Å². The Kier molecular flexibility index (Phi) is 7.11. The Hall–Kier alpha value is -3.47. The van der Waals surface area contributed by atoms with E-state index in [-0.39, 0.29) is 12.1 Å². The van der Waals surface area contributed by atoms with E-state index in [1.165, 1.54) is 0 Å². The Labute approximate surface area is 205 Å². The predicted molar refractivity (Wildman–Crippen MR) is 139 cm³/mol. The van der Waals surface area contributed by atoms with Crippen molar-refractivity contribution in [2.75, 3.05) is 10.6 Å². The van der Waals surface area contributed by atoms with E-state index in [0.717, 1.165) is 34.4 Å². The fraction of sp³-hybridized carbons (Fsp3) is 0.308. The van der Waals surface area contributed by atoms with Crippen molar-refractivity contribution in [1.82, 2.24) is 21.0 Å². The molecular weight excluding hydrogens is 446 g/mol. The van der Waals surface area contributed by atoms with Gasteiger partial charge in [0.05, 0.1) is 33.5 Å². The maximum absolute atomic E-state index is 9.70.